The minimum absolute atomic E-state index is 0.0256. The summed E-state index contributed by atoms with van der Waals surface area (Å²) < 4.78 is 0. The van der Waals surface area contributed by atoms with Gasteiger partial charge in [0, 0.05) is 42.4 Å². The molecule has 2 aromatic carbocycles. The average Bonchev–Trinajstić information content (AvgIpc) is 2.94. The predicted molar refractivity (Wildman–Crippen MR) is 135 cm³/mol. The molecule has 0 amide bonds. The van der Waals surface area contributed by atoms with Crippen LogP contribution in [0.15, 0.2) is 66.9 Å². The number of ketones is 1. The quantitative estimate of drug-likeness (QED) is 0.557. The Bertz CT molecular complexity index is 1180. The van der Waals surface area contributed by atoms with Gasteiger partial charge in [-0.15, -0.1) is 0 Å². The molecule has 0 bridgehead atoms. The van der Waals surface area contributed by atoms with Crippen molar-refractivity contribution >= 4 is 5.78 Å². The molecular formula is C30H34N2O2. The normalized spacial score (nSPS) is 24.7. The Balaban J connectivity index is 1.54. The van der Waals surface area contributed by atoms with Crippen molar-refractivity contribution in [3.8, 4) is 0 Å². The van der Waals surface area contributed by atoms with Crippen LogP contribution in [0.1, 0.15) is 57.6 Å². The Kier molecular flexibility index (Phi) is 6.37. The van der Waals surface area contributed by atoms with Gasteiger partial charge in [0.1, 0.15) is 0 Å². The molecule has 3 atom stereocenters. The number of nitrogens with zero attached hydrogens (tertiary/aromatic N) is 2. The lowest BCUT2D eigenvalue weighted by molar-refractivity contribution is 0.0391. The van der Waals surface area contributed by atoms with Gasteiger partial charge in [0.05, 0.1) is 6.10 Å². The molecule has 34 heavy (non-hydrogen) atoms. The predicted octanol–water partition coefficient (Wildman–Crippen LogP) is 4.90. The third kappa shape index (κ3) is 4.45. The van der Waals surface area contributed by atoms with Crippen molar-refractivity contribution in [3.05, 3.63) is 100 Å². The van der Waals surface area contributed by atoms with Crippen molar-refractivity contribution in [2.45, 2.75) is 57.1 Å². The fourth-order valence-electron chi connectivity index (χ4n) is 6.29. The van der Waals surface area contributed by atoms with E-state index in [1.807, 2.05) is 25.1 Å². The van der Waals surface area contributed by atoms with E-state index in [1.54, 1.807) is 6.20 Å². The summed E-state index contributed by atoms with van der Waals surface area (Å²) in [6.45, 7) is 3.74. The first kappa shape index (κ1) is 22.9. The highest BCUT2D eigenvalue weighted by molar-refractivity contribution is 5.97. The molecule has 2 aliphatic rings. The number of pyridine rings is 1. The van der Waals surface area contributed by atoms with Crippen LogP contribution >= 0.6 is 0 Å². The second-order valence-electron chi connectivity index (χ2n) is 10.4. The number of aliphatic hydroxyl groups is 1. The van der Waals surface area contributed by atoms with Crippen LogP contribution in [0.3, 0.4) is 0 Å². The molecule has 5 rings (SSSR count). The van der Waals surface area contributed by atoms with Gasteiger partial charge in [0.25, 0.3) is 0 Å². The zero-order valence-electron chi connectivity index (χ0n) is 20.2. The topological polar surface area (TPSA) is 53.4 Å². The van der Waals surface area contributed by atoms with Gasteiger partial charge in [-0.05, 0) is 80.0 Å². The third-order valence-corrected chi connectivity index (χ3v) is 8.03. The molecule has 1 N–H and O–H groups in total. The van der Waals surface area contributed by atoms with E-state index in [9.17, 15) is 9.90 Å². The standard InChI is InChI=1S/C30H34N2O2/c1-21-23(9-6-14-31-21)16-29(34)24-10-11-28-25(15-24)19-32(2)20-26-17-27(33)12-13-30(26,28)18-22-7-4-3-5-8-22/h3-11,14-15,26-27,33H,12-13,16-20H2,1-2H3/t26-,27+,30+/m1/s1. The summed E-state index contributed by atoms with van der Waals surface area (Å²) in [6.07, 6.45) is 5.51. The van der Waals surface area contributed by atoms with E-state index in [-0.39, 0.29) is 17.3 Å². The number of benzene rings is 2. The molecule has 176 valence electrons. The molecule has 1 aliphatic heterocycles. The maximum Gasteiger partial charge on any atom is 0.167 e. The number of aromatic nitrogens is 1. The number of carbonyl (C=O) groups is 1. The highest BCUT2D eigenvalue weighted by Crippen LogP contribution is 2.49. The van der Waals surface area contributed by atoms with Gasteiger partial charge in [-0.3, -0.25) is 9.78 Å². The van der Waals surface area contributed by atoms with E-state index in [1.165, 1.54) is 16.7 Å². The van der Waals surface area contributed by atoms with E-state index < -0.39 is 0 Å². The van der Waals surface area contributed by atoms with E-state index >= 15 is 0 Å². The van der Waals surface area contributed by atoms with Gasteiger partial charge in [-0.25, -0.2) is 0 Å². The van der Waals surface area contributed by atoms with Crippen LogP contribution in [0.5, 0.6) is 0 Å². The summed E-state index contributed by atoms with van der Waals surface area (Å²) >= 11 is 0. The number of aryl methyl sites for hydroxylation is 1. The van der Waals surface area contributed by atoms with E-state index in [0.717, 1.165) is 55.6 Å². The lowest BCUT2D eigenvalue weighted by Gasteiger charge is -2.46. The van der Waals surface area contributed by atoms with Crippen LogP contribution < -0.4 is 0 Å². The maximum atomic E-state index is 13.2. The number of rotatable bonds is 5. The summed E-state index contributed by atoms with van der Waals surface area (Å²) in [5.74, 6) is 0.515. The lowest BCUT2D eigenvalue weighted by atomic mass is 9.59. The smallest absolute Gasteiger partial charge is 0.167 e. The Morgan fingerprint density at radius 3 is 2.76 bits per heavy atom. The van der Waals surface area contributed by atoms with Crippen LogP contribution in [0, 0.1) is 12.8 Å². The van der Waals surface area contributed by atoms with Gasteiger partial charge < -0.3 is 10.0 Å². The second-order valence-corrected chi connectivity index (χ2v) is 10.4. The largest absolute Gasteiger partial charge is 0.393 e. The Hall–Kier alpha value is -2.82. The highest BCUT2D eigenvalue weighted by atomic mass is 16.3. The molecule has 4 nitrogen and oxygen atoms in total. The fourth-order valence-corrected chi connectivity index (χ4v) is 6.29. The van der Waals surface area contributed by atoms with Gasteiger partial charge in [0.2, 0.25) is 0 Å². The van der Waals surface area contributed by atoms with Gasteiger partial charge in [-0.2, -0.15) is 0 Å². The van der Waals surface area contributed by atoms with Crippen LogP contribution in [0.2, 0.25) is 0 Å². The Labute approximate surface area is 202 Å². The van der Waals surface area contributed by atoms with Crippen molar-refractivity contribution in [2.24, 2.45) is 5.92 Å². The number of hydrogen-bond acceptors (Lipinski definition) is 4. The first-order valence-corrected chi connectivity index (χ1v) is 12.4. The van der Waals surface area contributed by atoms with Crippen molar-refractivity contribution in [1.82, 2.24) is 9.88 Å². The number of carbonyl (C=O) groups excluding carboxylic acids is 1. The van der Waals surface area contributed by atoms with Crippen LogP contribution in [0.4, 0.5) is 0 Å². The van der Waals surface area contributed by atoms with Crippen molar-refractivity contribution < 1.29 is 9.90 Å². The minimum Gasteiger partial charge on any atom is -0.393 e. The summed E-state index contributed by atoms with van der Waals surface area (Å²) in [4.78, 5) is 19.9. The molecule has 1 aromatic heterocycles. The molecule has 1 saturated carbocycles. The first-order valence-electron chi connectivity index (χ1n) is 12.4. The van der Waals surface area contributed by atoms with Gasteiger partial charge in [-0.1, -0.05) is 48.5 Å². The van der Waals surface area contributed by atoms with Crippen LogP contribution in [-0.2, 0) is 24.8 Å². The summed E-state index contributed by atoms with van der Waals surface area (Å²) in [5.41, 5.74) is 6.61. The molecule has 0 unspecified atom stereocenters. The van der Waals surface area contributed by atoms with E-state index in [0.29, 0.717) is 12.3 Å². The molecule has 3 aromatic rings. The van der Waals surface area contributed by atoms with Gasteiger partial charge in [0.15, 0.2) is 5.78 Å². The van der Waals surface area contributed by atoms with E-state index in [4.69, 9.17) is 0 Å². The third-order valence-electron chi connectivity index (χ3n) is 8.03. The maximum absolute atomic E-state index is 13.2. The number of aliphatic hydroxyl groups excluding tert-OH is 1. The summed E-state index contributed by atoms with van der Waals surface area (Å²) in [7, 11) is 2.16. The Morgan fingerprint density at radius 1 is 1.15 bits per heavy atom. The first-order chi connectivity index (χ1) is 16.4. The molecule has 0 spiro atoms. The fraction of sp³-hybridized carbons (Fsp3) is 0.400. The molecule has 4 heteroatoms. The van der Waals surface area contributed by atoms with E-state index in [2.05, 4.69) is 59.4 Å². The molecule has 2 heterocycles. The molecule has 1 fully saturated rings. The van der Waals surface area contributed by atoms with Crippen LogP contribution in [0.25, 0.3) is 0 Å². The average molecular weight is 455 g/mol. The number of fused-ring (bicyclic) bond motifs is 3. The highest BCUT2D eigenvalue weighted by Gasteiger charge is 2.47. The summed E-state index contributed by atoms with van der Waals surface area (Å²) in [6, 6.07) is 21.0. The number of hydrogen-bond donors (Lipinski definition) is 1. The monoisotopic (exact) mass is 454 g/mol. The van der Waals surface area contributed by atoms with Crippen LogP contribution in [-0.4, -0.2) is 40.5 Å². The SMILES string of the molecule is Cc1ncccc1CC(=O)c1ccc2c(c1)CN(C)C[C@H]1C[C@@H](O)CC[C@@]21Cc1ccccc1. The zero-order chi connectivity index (χ0) is 23.7. The van der Waals surface area contributed by atoms with Crippen molar-refractivity contribution in [2.75, 3.05) is 13.6 Å². The number of Topliss-reactive ketones (excluding diaryl/α,β-unsaturated/α-hetero) is 1. The Morgan fingerprint density at radius 2 is 1.97 bits per heavy atom. The molecular weight excluding hydrogens is 420 g/mol. The second kappa shape index (κ2) is 9.44. The van der Waals surface area contributed by atoms with Crippen molar-refractivity contribution in [3.63, 3.8) is 0 Å². The molecule has 0 radical (unpaired) electrons. The molecule has 0 saturated heterocycles. The van der Waals surface area contributed by atoms with Gasteiger partial charge >= 0.3 is 0 Å². The molecule has 1 aliphatic carbocycles. The lowest BCUT2D eigenvalue weighted by Crippen LogP contribution is -2.46. The zero-order valence-corrected chi connectivity index (χ0v) is 20.2. The van der Waals surface area contributed by atoms with Crippen molar-refractivity contribution in [1.29, 1.82) is 0 Å². The minimum atomic E-state index is -0.229. The summed E-state index contributed by atoms with van der Waals surface area (Å²) in [5, 5.41) is 10.6.